The Kier molecular flexibility index (Phi) is 14.3. The second kappa shape index (κ2) is 14.6. The third kappa shape index (κ3) is 10.9. The largest absolute Gasteiger partial charge is 0.403 e. The Morgan fingerprint density at radius 2 is 1.40 bits per heavy atom. The first kappa shape index (κ1) is 24.5. The number of unbranched alkanes of at least 4 members (excludes halogenated alkanes) is 3. The zero-order valence-electron chi connectivity index (χ0n) is 18.0. The standard InChI is InChI=1S/C23H44OSi/c1-8-12-18-25(19-13-9-2,20-14-10-3)24-23(17-16-21(5)6)22(7)15-11-4/h22-23H,5,8-15,18-20H2,1-4,6-7H3. The van der Waals surface area contributed by atoms with E-state index in [2.05, 4.69) is 53.0 Å². The molecule has 0 spiro atoms. The van der Waals surface area contributed by atoms with Crippen LogP contribution in [0.15, 0.2) is 12.2 Å². The molecule has 1 nitrogen and oxygen atoms in total. The van der Waals surface area contributed by atoms with Gasteiger partial charge in [0.2, 0.25) is 0 Å². The second-order valence-corrected chi connectivity index (χ2v) is 11.9. The van der Waals surface area contributed by atoms with Gasteiger partial charge in [0, 0.05) is 0 Å². The molecular weight excluding hydrogens is 320 g/mol. The summed E-state index contributed by atoms with van der Waals surface area (Å²) in [4.78, 5) is 0. The number of allylic oxidation sites excluding steroid dienone is 1. The van der Waals surface area contributed by atoms with Crippen LogP contribution in [0.5, 0.6) is 0 Å². The van der Waals surface area contributed by atoms with Crippen molar-refractivity contribution in [1.82, 2.24) is 0 Å². The molecule has 0 aliphatic carbocycles. The van der Waals surface area contributed by atoms with Crippen LogP contribution in [0.2, 0.25) is 18.1 Å². The molecule has 0 aromatic carbocycles. The highest BCUT2D eigenvalue weighted by Gasteiger charge is 2.36. The molecule has 0 N–H and O–H groups in total. The molecule has 0 heterocycles. The molecule has 0 aliphatic rings. The quantitative estimate of drug-likeness (QED) is 0.226. The van der Waals surface area contributed by atoms with Gasteiger partial charge >= 0.3 is 0 Å². The number of hydrogen-bond acceptors (Lipinski definition) is 1. The van der Waals surface area contributed by atoms with E-state index in [1.807, 2.05) is 6.92 Å². The van der Waals surface area contributed by atoms with Gasteiger partial charge in [-0.3, -0.25) is 0 Å². The van der Waals surface area contributed by atoms with Crippen molar-refractivity contribution in [2.24, 2.45) is 5.92 Å². The summed E-state index contributed by atoms with van der Waals surface area (Å²) >= 11 is 0. The van der Waals surface area contributed by atoms with Crippen LogP contribution in [-0.2, 0) is 4.43 Å². The van der Waals surface area contributed by atoms with Crippen molar-refractivity contribution < 1.29 is 4.43 Å². The zero-order chi connectivity index (χ0) is 19.1. The molecule has 0 aromatic heterocycles. The fraction of sp³-hybridized carbons (Fsp3) is 0.826. The molecule has 2 unspecified atom stereocenters. The minimum absolute atomic E-state index is 0.0916. The molecule has 0 bridgehead atoms. The lowest BCUT2D eigenvalue weighted by Crippen LogP contribution is -2.43. The molecule has 0 saturated carbocycles. The van der Waals surface area contributed by atoms with Crippen LogP contribution in [-0.4, -0.2) is 14.4 Å². The zero-order valence-corrected chi connectivity index (χ0v) is 19.0. The topological polar surface area (TPSA) is 9.23 Å². The third-order valence-corrected chi connectivity index (χ3v) is 9.57. The Hall–Kier alpha value is -0.523. The Morgan fingerprint density at radius 3 is 1.76 bits per heavy atom. The third-order valence-electron chi connectivity index (χ3n) is 5.02. The van der Waals surface area contributed by atoms with Gasteiger partial charge in [-0.2, -0.15) is 0 Å². The lowest BCUT2D eigenvalue weighted by Gasteiger charge is -2.36. The normalized spacial score (nSPS) is 13.8. The summed E-state index contributed by atoms with van der Waals surface area (Å²) in [6.45, 7) is 17.4. The van der Waals surface area contributed by atoms with Gasteiger partial charge < -0.3 is 4.43 Å². The Morgan fingerprint density at radius 1 is 0.920 bits per heavy atom. The molecule has 0 saturated heterocycles. The smallest absolute Gasteiger partial charge is 0.194 e. The maximum Gasteiger partial charge on any atom is 0.194 e. The molecule has 2 heteroatoms. The fourth-order valence-electron chi connectivity index (χ4n) is 3.41. The summed E-state index contributed by atoms with van der Waals surface area (Å²) in [5, 5.41) is 0. The molecule has 2 atom stereocenters. The molecule has 0 aromatic rings. The summed E-state index contributed by atoms with van der Waals surface area (Å²) in [6, 6.07) is 3.94. The lowest BCUT2D eigenvalue weighted by atomic mass is 10.00. The van der Waals surface area contributed by atoms with Crippen LogP contribution >= 0.6 is 0 Å². The van der Waals surface area contributed by atoms with E-state index in [1.165, 1.54) is 69.5 Å². The Labute approximate surface area is 160 Å². The van der Waals surface area contributed by atoms with E-state index >= 15 is 0 Å². The van der Waals surface area contributed by atoms with Gasteiger partial charge in [-0.15, -0.1) is 0 Å². The molecule has 0 radical (unpaired) electrons. The maximum absolute atomic E-state index is 7.03. The summed E-state index contributed by atoms with van der Waals surface area (Å²) in [6.07, 6.45) is 10.2. The highest BCUT2D eigenvalue weighted by atomic mass is 28.4. The van der Waals surface area contributed by atoms with Crippen molar-refractivity contribution in [1.29, 1.82) is 0 Å². The van der Waals surface area contributed by atoms with Crippen molar-refractivity contribution in [2.75, 3.05) is 0 Å². The summed E-state index contributed by atoms with van der Waals surface area (Å²) in [7, 11) is -1.72. The van der Waals surface area contributed by atoms with Crippen molar-refractivity contribution in [3.05, 3.63) is 12.2 Å². The van der Waals surface area contributed by atoms with E-state index < -0.39 is 8.32 Å². The SMILES string of the molecule is C=C(C)C#CC(O[Si](CCCC)(CCCC)CCCC)C(C)CCC. The van der Waals surface area contributed by atoms with Crippen LogP contribution in [0.4, 0.5) is 0 Å². The molecule has 25 heavy (non-hydrogen) atoms. The first-order valence-electron chi connectivity index (χ1n) is 10.8. The number of rotatable bonds is 14. The van der Waals surface area contributed by atoms with E-state index in [-0.39, 0.29) is 6.10 Å². The van der Waals surface area contributed by atoms with E-state index in [0.29, 0.717) is 5.92 Å². The molecule has 0 rings (SSSR count). The van der Waals surface area contributed by atoms with Gasteiger partial charge in [0.05, 0.1) is 0 Å². The average molecular weight is 365 g/mol. The first-order chi connectivity index (χ1) is 11.9. The molecule has 0 fully saturated rings. The minimum Gasteiger partial charge on any atom is -0.403 e. The monoisotopic (exact) mass is 364 g/mol. The van der Waals surface area contributed by atoms with E-state index in [4.69, 9.17) is 4.43 Å². The highest BCUT2D eigenvalue weighted by Crippen LogP contribution is 2.32. The fourth-order valence-corrected chi connectivity index (χ4v) is 8.33. The average Bonchev–Trinajstić information content (AvgIpc) is 2.59. The summed E-state index contributed by atoms with van der Waals surface area (Å²) < 4.78 is 7.03. The van der Waals surface area contributed by atoms with Gasteiger partial charge in [0.15, 0.2) is 8.32 Å². The predicted octanol–water partition coefficient (Wildman–Crippen LogP) is 7.73. The van der Waals surface area contributed by atoms with E-state index in [9.17, 15) is 0 Å². The summed E-state index contributed by atoms with van der Waals surface area (Å²) in [5.74, 6) is 7.19. The number of hydrogen-bond donors (Lipinski definition) is 0. The van der Waals surface area contributed by atoms with Gasteiger partial charge in [0.1, 0.15) is 6.10 Å². The van der Waals surface area contributed by atoms with Crippen LogP contribution in [0.1, 0.15) is 92.9 Å². The Balaban J connectivity index is 5.49. The van der Waals surface area contributed by atoms with Gasteiger partial charge in [-0.25, -0.2) is 0 Å². The lowest BCUT2D eigenvalue weighted by molar-refractivity contribution is 0.173. The van der Waals surface area contributed by atoms with Crippen LogP contribution in [0.3, 0.4) is 0 Å². The van der Waals surface area contributed by atoms with Gasteiger partial charge in [-0.05, 0) is 43.0 Å². The van der Waals surface area contributed by atoms with Crippen LogP contribution in [0.25, 0.3) is 0 Å². The van der Waals surface area contributed by atoms with Crippen LogP contribution < -0.4 is 0 Å². The van der Waals surface area contributed by atoms with Crippen molar-refractivity contribution >= 4 is 8.32 Å². The second-order valence-electron chi connectivity index (χ2n) is 7.85. The molecule has 0 aliphatic heterocycles. The Bertz CT molecular complexity index is 382. The highest BCUT2D eigenvalue weighted by molar-refractivity contribution is 6.73. The minimum atomic E-state index is -1.72. The van der Waals surface area contributed by atoms with Crippen LogP contribution in [0, 0.1) is 17.8 Å². The molecule has 0 amide bonds. The van der Waals surface area contributed by atoms with Crippen molar-refractivity contribution in [3.63, 3.8) is 0 Å². The van der Waals surface area contributed by atoms with Crippen molar-refractivity contribution in [2.45, 2.75) is 117 Å². The van der Waals surface area contributed by atoms with Gasteiger partial charge in [-0.1, -0.05) is 98.0 Å². The molecule has 146 valence electrons. The summed E-state index contributed by atoms with van der Waals surface area (Å²) in [5.41, 5.74) is 0.945. The molecular formula is C23H44OSi. The predicted molar refractivity (Wildman–Crippen MR) is 116 cm³/mol. The maximum atomic E-state index is 7.03. The van der Waals surface area contributed by atoms with Gasteiger partial charge in [0.25, 0.3) is 0 Å². The first-order valence-corrected chi connectivity index (χ1v) is 13.3. The van der Waals surface area contributed by atoms with Crippen molar-refractivity contribution in [3.8, 4) is 11.8 Å². The van der Waals surface area contributed by atoms with E-state index in [1.54, 1.807) is 0 Å². The van der Waals surface area contributed by atoms with E-state index in [0.717, 1.165) is 5.57 Å².